The van der Waals surface area contributed by atoms with E-state index in [4.69, 9.17) is 4.42 Å². The Labute approximate surface area is 182 Å². The zero-order valence-electron chi connectivity index (χ0n) is 16.6. The van der Waals surface area contributed by atoms with Crippen molar-refractivity contribution in [3.05, 3.63) is 51.9 Å². The highest BCUT2D eigenvalue weighted by Crippen LogP contribution is 2.36. The number of rotatable bonds is 6. The van der Waals surface area contributed by atoms with Crippen molar-refractivity contribution < 1.29 is 27.2 Å². The molecule has 0 bridgehead atoms. The number of aryl methyl sites for hydroxylation is 1. The van der Waals surface area contributed by atoms with Crippen LogP contribution in [0.5, 0.6) is 0 Å². The van der Waals surface area contributed by atoms with E-state index in [-0.39, 0.29) is 28.1 Å². The molecule has 13 heteroatoms. The van der Waals surface area contributed by atoms with Crippen LogP contribution in [-0.4, -0.2) is 31.4 Å². The van der Waals surface area contributed by atoms with Gasteiger partial charge in [0.1, 0.15) is 11.8 Å². The van der Waals surface area contributed by atoms with Crippen molar-refractivity contribution in [2.75, 3.05) is 5.32 Å². The summed E-state index contributed by atoms with van der Waals surface area (Å²) >= 11 is 2.88. The highest BCUT2D eigenvalue weighted by atomic mass is 79.9. The van der Waals surface area contributed by atoms with E-state index in [9.17, 15) is 22.8 Å². The van der Waals surface area contributed by atoms with E-state index in [0.717, 1.165) is 4.68 Å². The Bertz CT molecular complexity index is 1100. The fraction of sp³-hybridized carbons (Fsp3) is 0.333. The van der Waals surface area contributed by atoms with E-state index in [1.54, 1.807) is 19.2 Å². The van der Waals surface area contributed by atoms with Gasteiger partial charge in [0, 0.05) is 13.2 Å². The van der Waals surface area contributed by atoms with Crippen LogP contribution in [0.4, 0.5) is 18.9 Å². The molecule has 0 radical (unpaired) electrons. The minimum absolute atomic E-state index is 0.0519. The summed E-state index contributed by atoms with van der Waals surface area (Å²) in [6.07, 6.45) is -1.79. The predicted octanol–water partition coefficient (Wildman–Crippen LogP) is 3.43. The molecule has 3 aromatic heterocycles. The van der Waals surface area contributed by atoms with Gasteiger partial charge in [0.25, 0.3) is 5.91 Å². The van der Waals surface area contributed by atoms with E-state index in [0.29, 0.717) is 5.76 Å². The van der Waals surface area contributed by atoms with E-state index < -0.39 is 29.7 Å². The van der Waals surface area contributed by atoms with Gasteiger partial charge < -0.3 is 15.1 Å². The number of halogens is 4. The third-order valence-electron chi connectivity index (χ3n) is 4.40. The highest BCUT2D eigenvalue weighted by molar-refractivity contribution is 9.10. The normalized spacial score (nSPS) is 12.6. The molecular weight excluding hydrogens is 485 g/mol. The Balaban J connectivity index is 1.77. The van der Waals surface area contributed by atoms with Crippen LogP contribution in [0.15, 0.2) is 33.5 Å². The van der Waals surface area contributed by atoms with Gasteiger partial charge >= 0.3 is 6.18 Å². The lowest BCUT2D eigenvalue weighted by molar-refractivity contribution is -0.142. The lowest BCUT2D eigenvalue weighted by atomic mass is 10.2. The molecule has 3 rings (SSSR count). The maximum absolute atomic E-state index is 13.1. The van der Waals surface area contributed by atoms with Gasteiger partial charge in [-0.15, -0.1) is 0 Å². The Morgan fingerprint density at radius 3 is 2.61 bits per heavy atom. The van der Waals surface area contributed by atoms with Gasteiger partial charge in [-0.3, -0.25) is 19.0 Å². The molecule has 0 aliphatic carbocycles. The molecule has 0 aliphatic rings. The first-order valence-corrected chi connectivity index (χ1v) is 9.75. The molecular formula is C18H18BrF3N6O3. The minimum Gasteiger partial charge on any atom is -0.467 e. The molecule has 1 atom stereocenters. The lowest BCUT2D eigenvalue weighted by Gasteiger charge is -2.14. The van der Waals surface area contributed by atoms with Crippen molar-refractivity contribution in [1.29, 1.82) is 0 Å². The Morgan fingerprint density at radius 1 is 1.32 bits per heavy atom. The average Bonchev–Trinajstić information content (AvgIpc) is 3.40. The van der Waals surface area contributed by atoms with Crippen LogP contribution in [-0.2, 0) is 24.6 Å². The van der Waals surface area contributed by atoms with Crippen molar-refractivity contribution in [2.45, 2.75) is 32.6 Å². The fourth-order valence-corrected chi connectivity index (χ4v) is 3.30. The second kappa shape index (κ2) is 8.57. The van der Waals surface area contributed by atoms with Crippen LogP contribution >= 0.6 is 15.9 Å². The smallest absolute Gasteiger partial charge is 0.436 e. The van der Waals surface area contributed by atoms with Gasteiger partial charge in [-0.05, 0) is 41.9 Å². The molecule has 0 saturated heterocycles. The number of hydrogen-bond acceptors (Lipinski definition) is 5. The molecule has 3 aromatic rings. The highest BCUT2D eigenvalue weighted by Gasteiger charge is 2.39. The fourth-order valence-electron chi connectivity index (χ4n) is 2.82. The standard InChI is InChI=1S/C18H18BrF3N6O3/c1-9-13(19)15(18(20,21)22)26-28(9)10(2)16(29)24-12-8-27(3)25-14(12)17(30)23-7-11-5-4-6-31-11/h4-6,8,10H,7H2,1-3H3,(H,23,30)(H,24,29)/t10-/m1/s1. The second-order valence-electron chi connectivity index (χ2n) is 6.68. The molecule has 0 saturated carbocycles. The van der Waals surface area contributed by atoms with Crippen molar-refractivity contribution >= 4 is 33.4 Å². The Hall–Kier alpha value is -3.09. The topological polar surface area (TPSA) is 107 Å². The zero-order chi connectivity index (χ0) is 22.9. The molecule has 0 spiro atoms. The molecule has 2 N–H and O–H groups in total. The van der Waals surface area contributed by atoms with Gasteiger partial charge in [-0.1, -0.05) is 0 Å². The summed E-state index contributed by atoms with van der Waals surface area (Å²) in [4.78, 5) is 25.2. The van der Waals surface area contributed by atoms with Crippen molar-refractivity contribution in [2.24, 2.45) is 7.05 Å². The van der Waals surface area contributed by atoms with E-state index in [2.05, 4.69) is 36.8 Å². The minimum atomic E-state index is -4.67. The number of nitrogens with zero attached hydrogens (tertiary/aromatic N) is 4. The number of carbonyl (C=O) groups is 2. The zero-order valence-corrected chi connectivity index (χ0v) is 18.2. The molecule has 166 valence electrons. The third kappa shape index (κ3) is 4.81. The van der Waals surface area contributed by atoms with Crippen molar-refractivity contribution in [1.82, 2.24) is 24.9 Å². The number of nitrogens with one attached hydrogen (secondary N) is 2. The number of amides is 2. The molecule has 0 fully saturated rings. The first-order chi connectivity index (χ1) is 14.5. The van der Waals surface area contributed by atoms with Gasteiger partial charge in [0.05, 0.1) is 28.7 Å². The maximum Gasteiger partial charge on any atom is 0.436 e. The van der Waals surface area contributed by atoms with Crippen LogP contribution in [0, 0.1) is 6.92 Å². The van der Waals surface area contributed by atoms with Gasteiger partial charge in [-0.25, -0.2) is 0 Å². The third-order valence-corrected chi connectivity index (χ3v) is 5.35. The monoisotopic (exact) mass is 502 g/mol. The summed E-state index contributed by atoms with van der Waals surface area (Å²) in [7, 11) is 1.56. The summed E-state index contributed by atoms with van der Waals surface area (Å²) in [6.45, 7) is 2.93. The number of carbonyl (C=O) groups excluding carboxylic acids is 2. The van der Waals surface area contributed by atoms with E-state index in [1.165, 1.54) is 31.0 Å². The number of anilines is 1. The number of alkyl halides is 3. The quantitative estimate of drug-likeness (QED) is 0.536. The Morgan fingerprint density at radius 2 is 2.03 bits per heavy atom. The second-order valence-corrected chi connectivity index (χ2v) is 7.48. The van der Waals surface area contributed by atoms with Crippen LogP contribution in [0.1, 0.15) is 40.6 Å². The molecule has 31 heavy (non-hydrogen) atoms. The molecule has 2 amide bonds. The first-order valence-electron chi connectivity index (χ1n) is 8.96. The SMILES string of the molecule is Cc1c(Br)c(C(F)(F)F)nn1[C@H](C)C(=O)Nc1cn(C)nc1C(=O)NCc1ccco1. The molecule has 0 aliphatic heterocycles. The van der Waals surface area contributed by atoms with E-state index >= 15 is 0 Å². The van der Waals surface area contributed by atoms with Crippen LogP contribution in [0.2, 0.25) is 0 Å². The summed E-state index contributed by atoms with van der Waals surface area (Å²) in [5.74, 6) is -0.694. The lowest BCUT2D eigenvalue weighted by Crippen LogP contribution is -2.28. The summed E-state index contributed by atoms with van der Waals surface area (Å²) < 4.78 is 46.5. The molecule has 9 nitrogen and oxygen atoms in total. The summed E-state index contributed by atoms with van der Waals surface area (Å²) in [6, 6.07) is 2.27. The van der Waals surface area contributed by atoms with Gasteiger partial charge in [-0.2, -0.15) is 23.4 Å². The van der Waals surface area contributed by atoms with Crippen molar-refractivity contribution in [3.63, 3.8) is 0 Å². The van der Waals surface area contributed by atoms with Crippen molar-refractivity contribution in [3.8, 4) is 0 Å². The Kier molecular flexibility index (Phi) is 6.25. The first kappa shape index (κ1) is 22.6. The number of furan rings is 1. The largest absolute Gasteiger partial charge is 0.467 e. The van der Waals surface area contributed by atoms with Gasteiger partial charge in [0.2, 0.25) is 5.91 Å². The summed E-state index contributed by atoms with van der Waals surface area (Å²) in [5, 5.41) is 12.7. The van der Waals surface area contributed by atoms with Crippen LogP contribution < -0.4 is 10.6 Å². The molecule has 0 aromatic carbocycles. The summed E-state index contributed by atoms with van der Waals surface area (Å²) in [5.41, 5.74) is -0.929. The van der Waals surface area contributed by atoms with Crippen LogP contribution in [0.25, 0.3) is 0 Å². The maximum atomic E-state index is 13.1. The number of hydrogen-bond donors (Lipinski definition) is 2. The average molecular weight is 503 g/mol. The number of aromatic nitrogens is 4. The van der Waals surface area contributed by atoms with E-state index in [1.807, 2.05) is 0 Å². The van der Waals surface area contributed by atoms with Gasteiger partial charge in [0.15, 0.2) is 11.4 Å². The predicted molar refractivity (Wildman–Crippen MR) is 106 cm³/mol. The van der Waals surface area contributed by atoms with Crippen LogP contribution in [0.3, 0.4) is 0 Å². The molecule has 3 heterocycles. The molecule has 0 unspecified atom stereocenters.